The average Bonchev–Trinajstić information content (AvgIpc) is 3.24. The van der Waals surface area contributed by atoms with Crippen molar-refractivity contribution in [2.24, 2.45) is 5.41 Å². The Morgan fingerprint density at radius 3 is 2.54 bits per heavy atom. The van der Waals surface area contributed by atoms with E-state index in [1.54, 1.807) is 6.92 Å². The zero-order valence-electron chi connectivity index (χ0n) is 13.7. The maximum Gasteiger partial charge on any atom is 0.298 e. The van der Waals surface area contributed by atoms with Crippen LogP contribution in [0, 0.1) is 5.41 Å². The van der Waals surface area contributed by atoms with Gasteiger partial charge in [-0.3, -0.25) is 4.79 Å². The molecule has 1 fully saturated rings. The Kier molecular flexibility index (Phi) is 4.09. The van der Waals surface area contributed by atoms with Gasteiger partial charge in [0.25, 0.3) is 10.2 Å². The Morgan fingerprint density at radius 2 is 1.96 bits per heavy atom. The van der Waals surface area contributed by atoms with E-state index in [1.165, 1.54) is 4.89 Å². The van der Waals surface area contributed by atoms with E-state index in [1.807, 2.05) is 19.1 Å². The number of ketones is 1. The molecule has 0 saturated heterocycles. The summed E-state index contributed by atoms with van der Waals surface area (Å²) < 4.78 is 24.4. The van der Waals surface area contributed by atoms with E-state index in [0.717, 1.165) is 29.6 Å². The zero-order chi connectivity index (χ0) is 17.8. The molecule has 132 valence electrons. The van der Waals surface area contributed by atoms with Gasteiger partial charge in [0, 0.05) is 17.5 Å². The maximum absolute atomic E-state index is 12.7. The molecule has 3 aliphatic carbocycles. The molecular weight excluding hydrogens is 332 g/mol. The third-order valence-corrected chi connectivity index (χ3v) is 6.16. The van der Waals surface area contributed by atoms with Gasteiger partial charge >= 0.3 is 0 Å². The van der Waals surface area contributed by atoms with Crippen molar-refractivity contribution in [3.05, 3.63) is 34.4 Å². The molecule has 0 aromatic rings. The topological polar surface area (TPSA) is 116 Å². The van der Waals surface area contributed by atoms with Gasteiger partial charge in [0.15, 0.2) is 5.78 Å². The molecule has 0 aromatic carbocycles. The van der Waals surface area contributed by atoms with Crippen molar-refractivity contribution in [3.8, 4) is 0 Å². The normalized spacial score (nSPS) is 28.1. The molecule has 4 N–H and O–H groups in total. The predicted molar refractivity (Wildman–Crippen MR) is 87.2 cm³/mol. The third kappa shape index (κ3) is 2.68. The summed E-state index contributed by atoms with van der Waals surface area (Å²) in [5.41, 5.74) is 1.65. The summed E-state index contributed by atoms with van der Waals surface area (Å²) in [6.07, 6.45) is 6.59. The molecule has 1 atom stereocenters. The number of rotatable bonds is 6. The molecule has 8 heteroatoms. The summed E-state index contributed by atoms with van der Waals surface area (Å²) in [6.45, 7) is 3.69. The van der Waals surface area contributed by atoms with Crippen molar-refractivity contribution in [3.63, 3.8) is 0 Å². The van der Waals surface area contributed by atoms with E-state index in [0.29, 0.717) is 18.4 Å². The van der Waals surface area contributed by atoms with Crippen LogP contribution in [0.5, 0.6) is 0 Å². The molecule has 0 aromatic heterocycles. The fourth-order valence-electron chi connectivity index (χ4n) is 3.62. The molecule has 1 saturated carbocycles. The second-order valence-corrected chi connectivity index (χ2v) is 8.41. The van der Waals surface area contributed by atoms with Crippen molar-refractivity contribution >= 4 is 16.0 Å². The summed E-state index contributed by atoms with van der Waals surface area (Å²) in [7, 11) is -3.86. The van der Waals surface area contributed by atoms with Gasteiger partial charge in [-0.1, -0.05) is 11.0 Å². The summed E-state index contributed by atoms with van der Waals surface area (Å²) in [5.74, 6) is -0.225. The highest BCUT2D eigenvalue weighted by Crippen LogP contribution is 2.61. The second-order valence-electron chi connectivity index (χ2n) is 6.93. The van der Waals surface area contributed by atoms with Crippen molar-refractivity contribution in [1.82, 2.24) is 9.61 Å². The van der Waals surface area contributed by atoms with Gasteiger partial charge in [0.1, 0.15) is 5.60 Å². The van der Waals surface area contributed by atoms with Crippen LogP contribution < -0.4 is 9.61 Å². The monoisotopic (exact) mass is 354 g/mol. The number of allylic oxidation sites excluding steroid dienone is 4. The van der Waals surface area contributed by atoms with E-state index < -0.39 is 21.2 Å². The van der Waals surface area contributed by atoms with E-state index in [9.17, 15) is 18.3 Å². The molecule has 3 aliphatic rings. The van der Waals surface area contributed by atoms with Crippen LogP contribution in [0.15, 0.2) is 34.4 Å². The van der Waals surface area contributed by atoms with E-state index >= 15 is 0 Å². The minimum Gasteiger partial charge on any atom is -0.381 e. The molecule has 1 spiro atoms. The fourth-order valence-corrected chi connectivity index (χ4v) is 4.09. The standard InChI is InChI=1S/C16H22N2O5S/c1-10-8-12-13(9-16(5-6-16)15(2,20)14(12)19)11(10)4-3-7-17-24(22,23)18-21/h8-9,17-18,20-21H,3-7H2,1-2H3. The van der Waals surface area contributed by atoms with E-state index in [4.69, 9.17) is 5.21 Å². The van der Waals surface area contributed by atoms with Gasteiger partial charge in [-0.2, -0.15) is 8.42 Å². The molecule has 24 heavy (non-hydrogen) atoms. The lowest BCUT2D eigenvalue weighted by Gasteiger charge is -2.35. The van der Waals surface area contributed by atoms with Gasteiger partial charge in [0.05, 0.1) is 0 Å². The molecule has 7 nitrogen and oxygen atoms in total. The van der Waals surface area contributed by atoms with Crippen LogP contribution in [0.2, 0.25) is 0 Å². The summed E-state index contributed by atoms with van der Waals surface area (Å²) in [4.78, 5) is 13.9. The van der Waals surface area contributed by atoms with Gasteiger partial charge in [-0.05, 0) is 62.3 Å². The molecule has 0 bridgehead atoms. The lowest BCUT2D eigenvalue weighted by atomic mass is 9.71. The van der Waals surface area contributed by atoms with Gasteiger partial charge < -0.3 is 10.3 Å². The summed E-state index contributed by atoms with van der Waals surface area (Å²) in [6, 6.07) is 0. The second kappa shape index (κ2) is 5.60. The molecule has 1 unspecified atom stereocenters. The molecule has 0 aliphatic heterocycles. The van der Waals surface area contributed by atoms with Crippen LogP contribution in [0.1, 0.15) is 39.5 Å². The van der Waals surface area contributed by atoms with Crippen molar-refractivity contribution in [2.45, 2.75) is 45.1 Å². The molecule has 0 heterocycles. The first-order chi connectivity index (χ1) is 11.1. The number of carbonyl (C=O) groups is 1. The number of Topliss-reactive ketones (excluding diaryl/α,β-unsaturated/α-hetero) is 1. The van der Waals surface area contributed by atoms with Crippen LogP contribution in [0.3, 0.4) is 0 Å². The highest BCUT2D eigenvalue weighted by atomic mass is 32.2. The molecule has 3 rings (SSSR count). The Hall–Kier alpha value is -1.32. The van der Waals surface area contributed by atoms with Crippen molar-refractivity contribution in [1.29, 1.82) is 0 Å². The third-order valence-electron chi connectivity index (χ3n) is 5.33. The highest BCUT2D eigenvalue weighted by Gasteiger charge is 2.62. The fraction of sp³-hybridized carbons (Fsp3) is 0.562. The quantitative estimate of drug-likeness (QED) is 0.417. The number of aliphatic hydroxyl groups is 1. The lowest BCUT2D eigenvalue weighted by Crippen LogP contribution is -2.47. The number of hydrogen-bond acceptors (Lipinski definition) is 5. The molecule has 0 amide bonds. The predicted octanol–water partition coefficient (Wildman–Crippen LogP) is 0.877. The number of nitrogens with one attached hydrogen (secondary N) is 2. The van der Waals surface area contributed by atoms with Crippen molar-refractivity contribution < 1.29 is 23.5 Å². The van der Waals surface area contributed by atoms with Crippen LogP contribution in [0.4, 0.5) is 0 Å². The maximum atomic E-state index is 12.7. The Morgan fingerprint density at radius 1 is 1.29 bits per heavy atom. The highest BCUT2D eigenvalue weighted by molar-refractivity contribution is 7.87. The summed E-state index contributed by atoms with van der Waals surface area (Å²) in [5, 5.41) is 19.1. The lowest BCUT2D eigenvalue weighted by molar-refractivity contribution is -0.137. The zero-order valence-corrected chi connectivity index (χ0v) is 14.5. The van der Waals surface area contributed by atoms with Crippen LogP contribution in [0.25, 0.3) is 0 Å². The van der Waals surface area contributed by atoms with Gasteiger partial charge in [-0.15, -0.1) is 0 Å². The molecular formula is C16H22N2O5S. The smallest absolute Gasteiger partial charge is 0.298 e. The average molecular weight is 354 g/mol. The summed E-state index contributed by atoms with van der Waals surface area (Å²) >= 11 is 0. The Labute approximate surface area is 141 Å². The number of hydrogen-bond donors (Lipinski definition) is 4. The van der Waals surface area contributed by atoms with Crippen molar-refractivity contribution in [2.75, 3.05) is 6.54 Å². The number of fused-ring (bicyclic) bond motifs is 1. The SMILES string of the molecule is CC1=C(CCCNS(=O)(=O)NO)C2=CC3(CC3)C(C)(O)C(=O)C2=C1. The number of carbonyl (C=O) groups excluding carboxylic acids is 1. The minimum absolute atomic E-state index is 0.173. The largest absolute Gasteiger partial charge is 0.381 e. The minimum atomic E-state index is -3.86. The Balaban J connectivity index is 1.74. The van der Waals surface area contributed by atoms with Crippen LogP contribution in [-0.4, -0.2) is 36.7 Å². The molecule has 0 radical (unpaired) electrons. The van der Waals surface area contributed by atoms with E-state index in [-0.39, 0.29) is 12.3 Å². The Bertz CT molecular complexity index is 785. The van der Waals surface area contributed by atoms with E-state index in [2.05, 4.69) is 4.72 Å². The first-order valence-corrected chi connectivity index (χ1v) is 9.44. The van der Waals surface area contributed by atoms with Gasteiger partial charge in [0.2, 0.25) is 0 Å². The first-order valence-electron chi connectivity index (χ1n) is 7.96. The van der Waals surface area contributed by atoms with Gasteiger partial charge in [-0.25, -0.2) is 4.72 Å². The van der Waals surface area contributed by atoms with Crippen LogP contribution >= 0.6 is 0 Å². The first kappa shape index (κ1) is 17.5. The van der Waals surface area contributed by atoms with Crippen LogP contribution in [-0.2, 0) is 15.0 Å².